The van der Waals surface area contributed by atoms with Gasteiger partial charge < -0.3 is 5.32 Å². The van der Waals surface area contributed by atoms with Gasteiger partial charge in [-0.05, 0) is 25.6 Å². The Balaban J connectivity index is 2.38. The number of thiazole rings is 1. The first-order valence-electron chi connectivity index (χ1n) is 6.24. The minimum Gasteiger partial charge on any atom is -0.315 e. The van der Waals surface area contributed by atoms with E-state index in [0.717, 1.165) is 30.0 Å². The summed E-state index contributed by atoms with van der Waals surface area (Å²) in [6.07, 6.45) is 2.11. The summed E-state index contributed by atoms with van der Waals surface area (Å²) in [5.74, 6) is 0. The lowest BCUT2D eigenvalue weighted by molar-refractivity contribution is 0.798. The summed E-state index contributed by atoms with van der Waals surface area (Å²) in [6, 6.07) is 5.66. The van der Waals surface area contributed by atoms with E-state index in [1.807, 2.05) is 25.2 Å². The number of aromatic nitrogens is 1. The molecule has 1 N–H and O–H groups in total. The van der Waals surface area contributed by atoms with Crippen LogP contribution in [0.15, 0.2) is 18.2 Å². The molecule has 0 fully saturated rings. The maximum Gasteiger partial charge on any atom is 0.123 e. The largest absolute Gasteiger partial charge is 0.315 e. The quantitative estimate of drug-likeness (QED) is 0.858. The smallest absolute Gasteiger partial charge is 0.123 e. The number of hydrogen-bond acceptors (Lipinski definition) is 3. The van der Waals surface area contributed by atoms with Gasteiger partial charge in [0, 0.05) is 17.0 Å². The molecule has 19 heavy (non-hydrogen) atoms. The zero-order chi connectivity index (χ0) is 13.8. The molecule has 2 aromatic rings. The second-order valence-corrected chi connectivity index (χ2v) is 6.20. The first-order valence-corrected chi connectivity index (χ1v) is 7.81. The summed E-state index contributed by atoms with van der Waals surface area (Å²) in [5.41, 5.74) is 2.21. The average molecular weight is 315 g/mol. The monoisotopic (exact) mass is 314 g/mol. The number of benzene rings is 1. The highest BCUT2D eigenvalue weighted by atomic mass is 35.5. The van der Waals surface area contributed by atoms with Crippen LogP contribution < -0.4 is 5.32 Å². The van der Waals surface area contributed by atoms with Gasteiger partial charge in [-0.15, -0.1) is 11.3 Å². The highest BCUT2D eigenvalue weighted by Crippen LogP contribution is 2.32. The van der Waals surface area contributed by atoms with Gasteiger partial charge in [0.2, 0.25) is 0 Å². The molecule has 0 saturated heterocycles. The van der Waals surface area contributed by atoms with Crippen LogP contribution in [-0.2, 0) is 13.0 Å². The van der Waals surface area contributed by atoms with Crippen LogP contribution in [0.1, 0.15) is 23.9 Å². The van der Waals surface area contributed by atoms with Crippen LogP contribution in [0.2, 0.25) is 10.0 Å². The maximum absolute atomic E-state index is 6.07. The Kier molecular flexibility index (Phi) is 5.22. The Morgan fingerprint density at radius 2 is 2.05 bits per heavy atom. The molecular formula is C14H16Cl2N2S. The first-order chi connectivity index (χ1) is 9.15. The van der Waals surface area contributed by atoms with Crippen LogP contribution in [0.25, 0.3) is 10.6 Å². The van der Waals surface area contributed by atoms with Crippen LogP contribution in [0.3, 0.4) is 0 Å². The van der Waals surface area contributed by atoms with Crippen molar-refractivity contribution in [1.82, 2.24) is 10.3 Å². The van der Waals surface area contributed by atoms with Gasteiger partial charge in [-0.1, -0.05) is 42.6 Å². The fourth-order valence-corrected chi connectivity index (χ4v) is 3.28. The lowest BCUT2D eigenvalue weighted by atomic mass is 10.2. The van der Waals surface area contributed by atoms with Crippen molar-refractivity contribution < 1.29 is 0 Å². The normalized spacial score (nSPS) is 10.9. The molecule has 0 bridgehead atoms. The highest BCUT2D eigenvalue weighted by molar-refractivity contribution is 7.15. The van der Waals surface area contributed by atoms with Crippen LogP contribution in [-0.4, -0.2) is 12.0 Å². The Hall–Kier alpha value is -0.610. The second kappa shape index (κ2) is 6.71. The van der Waals surface area contributed by atoms with E-state index in [0.29, 0.717) is 10.0 Å². The molecular weight excluding hydrogens is 299 g/mol. The summed E-state index contributed by atoms with van der Waals surface area (Å²) in [5, 5.41) is 5.34. The lowest BCUT2D eigenvalue weighted by Crippen LogP contribution is -2.05. The first kappa shape index (κ1) is 14.8. The van der Waals surface area contributed by atoms with Crippen LogP contribution in [0, 0.1) is 0 Å². The average Bonchev–Trinajstić information content (AvgIpc) is 2.77. The Morgan fingerprint density at radius 1 is 1.26 bits per heavy atom. The molecule has 0 unspecified atom stereocenters. The SMILES string of the molecule is CCCc1nc(-c2ccc(Cl)c(Cl)c2)sc1CNC. The third-order valence-corrected chi connectivity index (χ3v) is 4.65. The third-order valence-electron chi connectivity index (χ3n) is 2.77. The maximum atomic E-state index is 6.07. The van der Waals surface area contributed by atoms with Crippen molar-refractivity contribution in [3.05, 3.63) is 38.8 Å². The van der Waals surface area contributed by atoms with E-state index >= 15 is 0 Å². The van der Waals surface area contributed by atoms with Gasteiger partial charge in [0.15, 0.2) is 0 Å². The molecule has 0 saturated carbocycles. The molecule has 0 aliphatic rings. The molecule has 0 aliphatic carbocycles. The molecule has 0 aliphatic heterocycles. The molecule has 0 radical (unpaired) electrons. The van der Waals surface area contributed by atoms with E-state index < -0.39 is 0 Å². The standard InChI is InChI=1S/C14H16Cl2N2S/c1-3-4-12-13(8-17-2)19-14(18-12)9-5-6-10(15)11(16)7-9/h5-7,17H,3-4,8H2,1-2H3. The molecule has 1 aromatic carbocycles. The third kappa shape index (κ3) is 3.48. The predicted octanol–water partition coefficient (Wildman–Crippen LogP) is 4.79. The number of rotatable bonds is 5. The van der Waals surface area contributed by atoms with E-state index in [2.05, 4.69) is 12.2 Å². The zero-order valence-corrected chi connectivity index (χ0v) is 13.3. The topological polar surface area (TPSA) is 24.9 Å². The Labute approximate surface area is 127 Å². The number of nitrogens with one attached hydrogen (secondary N) is 1. The number of aryl methyl sites for hydroxylation is 1. The van der Waals surface area contributed by atoms with Gasteiger partial charge >= 0.3 is 0 Å². The molecule has 0 amide bonds. The Morgan fingerprint density at radius 3 is 2.68 bits per heavy atom. The fourth-order valence-electron chi connectivity index (χ4n) is 1.87. The molecule has 1 heterocycles. The highest BCUT2D eigenvalue weighted by Gasteiger charge is 2.12. The molecule has 0 spiro atoms. The van der Waals surface area contributed by atoms with Crippen LogP contribution >= 0.6 is 34.5 Å². The van der Waals surface area contributed by atoms with E-state index in [1.54, 1.807) is 11.3 Å². The number of halogens is 2. The van der Waals surface area contributed by atoms with Crippen molar-refractivity contribution in [2.24, 2.45) is 0 Å². The second-order valence-electron chi connectivity index (χ2n) is 4.30. The van der Waals surface area contributed by atoms with Gasteiger partial charge in [-0.2, -0.15) is 0 Å². The van der Waals surface area contributed by atoms with Crippen molar-refractivity contribution in [3.8, 4) is 10.6 Å². The van der Waals surface area contributed by atoms with E-state index in [1.165, 1.54) is 10.6 Å². The van der Waals surface area contributed by atoms with Gasteiger partial charge in [0.25, 0.3) is 0 Å². The van der Waals surface area contributed by atoms with Crippen LogP contribution in [0.5, 0.6) is 0 Å². The molecule has 5 heteroatoms. The summed E-state index contributed by atoms with van der Waals surface area (Å²) < 4.78 is 0. The van der Waals surface area contributed by atoms with Crippen molar-refractivity contribution in [3.63, 3.8) is 0 Å². The van der Waals surface area contributed by atoms with Crippen molar-refractivity contribution in [2.45, 2.75) is 26.3 Å². The van der Waals surface area contributed by atoms with Gasteiger partial charge in [-0.3, -0.25) is 0 Å². The van der Waals surface area contributed by atoms with Crippen LogP contribution in [0.4, 0.5) is 0 Å². The number of hydrogen-bond donors (Lipinski definition) is 1. The summed E-state index contributed by atoms with van der Waals surface area (Å²) >= 11 is 13.7. The molecule has 2 nitrogen and oxygen atoms in total. The van der Waals surface area contributed by atoms with Crippen molar-refractivity contribution in [1.29, 1.82) is 0 Å². The van der Waals surface area contributed by atoms with E-state index in [-0.39, 0.29) is 0 Å². The molecule has 102 valence electrons. The zero-order valence-electron chi connectivity index (χ0n) is 11.0. The molecule has 1 aromatic heterocycles. The van der Waals surface area contributed by atoms with Gasteiger partial charge in [-0.25, -0.2) is 4.98 Å². The predicted molar refractivity (Wildman–Crippen MR) is 84.3 cm³/mol. The van der Waals surface area contributed by atoms with E-state index in [9.17, 15) is 0 Å². The summed E-state index contributed by atoms with van der Waals surface area (Å²) in [4.78, 5) is 6.03. The fraction of sp³-hybridized carbons (Fsp3) is 0.357. The molecule has 0 atom stereocenters. The van der Waals surface area contributed by atoms with Gasteiger partial charge in [0.05, 0.1) is 15.7 Å². The minimum absolute atomic E-state index is 0.571. The molecule has 2 rings (SSSR count). The summed E-state index contributed by atoms with van der Waals surface area (Å²) in [6.45, 7) is 3.02. The van der Waals surface area contributed by atoms with Crippen molar-refractivity contribution in [2.75, 3.05) is 7.05 Å². The Bertz CT molecular complexity index is 543. The number of nitrogens with zero attached hydrogens (tertiary/aromatic N) is 1. The van der Waals surface area contributed by atoms with Gasteiger partial charge in [0.1, 0.15) is 5.01 Å². The van der Waals surface area contributed by atoms with Crippen molar-refractivity contribution >= 4 is 34.5 Å². The lowest BCUT2D eigenvalue weighted by Gasteiger charge is -1.99. The van der Waals surface area contributed by atoms with E-state index in [4.69, 9.17) is 28.2 Å². The minimum atomic E-state index is 0.571. The summed E-state index contributed by atoms with van der Waals surface area (Å²) in [7, 11) is 1.95.